The van der Waals surface area contributed by atoms with E-state index in [0.29, 0.717) is 5.92 Å². The quantitative estimate of drug-likeness (QED) is 0.871. The predicted molar refractivity (Wildman–Crippen MR) is 78.8 cm³/mol. The number of benzene rings is 1. The molecule has 0 aliphatic heterocycles. The van der Waals surface area contributed by atoms with Gasteiger partial charge in [0.1, 0.15) is 5.75 Å². The van der Waals surface area contributed by atoms with Gasteiger partial charge in [-0.25, -0.2) is 0 Å². The molecule has 0 radical (unpaired) electrons. The Hall–Kier alpha value is -1.02. The van der Waals surface area contributed by atoms with E-state index in [1.807, 2.05) is 0 Å². The van der Waals surface area contributed by atoms with Crippen molar-refractivity contribution in [2.75, 3.05) is 13.7 Å². The lowest BCUT2D eigenvalue weighted by atomic mass is 9.76. The summed E-state index contributed by atoms with van der Waals surface area (Å²) in [4.78, 5) is 0. The molecule has 19 heavy (non-hydrogen) atoms. The fourth-order valence-electron chi connectivity index (χ4n) is 3.33. The average Bonchev–Trinajstić information content (AvgIpc) is 2.49. The average molecular weight is 262 g/mol. The van der Waals surface area contributed by atoms with Crippen LogP contribution in [0.15, 0.2) is 18.2 Å². The largest absolute Gasteiger partial charge is 0.496 e. The lowest BCUT2D eigenvalue weighted by molar-refractivity contribution is 0.193. The van der Waals surface area contributed by atoms with E-state index in [1.165, 1.54) is 43.2 Å². The summed E-state index contributed by atoms with van der Waals surface area (Å²) in [5, 5.41) is 9.86. The van der Waals surface area contributed by atoms with Crippen LogP contribution in [0.3, 0.4) is 0 Å². The Morgan fingerprint density at radius 2 is 2.00 bits per heavy atom. The van der Waals surface area contributed by atoms with E-state index in [9.17, 15) is 5.11 Å². The molecule has 0 aromatic heterocycles. The Kier molecular flexibility index (Phi) is 5.26. The van der Waals surface area contributed by atoms with E-state index >= 15 is 0 Å². The van der Waals surface area contributed by atoms with Crippen LogP contribution in [0.2, 0.25) is 0 Å². The van der Waals surface area contributed by atoms with E-state index in [4.69, 9.17) is 4.74 Å². The lowest BCUT2D eigenvalue weighted by Gasteiger charge is -2.30. The Labute approximate surface area is 116 Å². The van der Waals surface area contributed by atoms with Gasteiger partial charge in [-0.3, -0.25) is 0 Å². The van der Waals surface area contributed by atoms with Gasteiger partial charge in [0.2, 0.25) is 0 Å². The van der Waals surface area contributed by atoms with Gasteiger partial charge in [-0.05, 0) is 36.8 Å². The van der Waals surface area contributed by atoms with Crippen LogP contribution < -0.4 is 4.74 Å². The van der Waals surface area contributed by atoms with Gasteiger partial charge in [0.05, 0.1) is 13.7 Å². The van der Waals surface area contributed by atoms with Crippen molar-refractivity contribution in [2.24, 2.45) is 5.92 Å². The number of ether oxygens (including phenoxy) is 1. The first-order valence-corrected chi connectivity index (χ1v) is 7.57. The van der Waals surface area contributed by atoms with Gasteiger partial charge >= 0.3 is 0 Å². The monoisotopic (exact) mass is 262 g/mol. The molecule has 1 aliphatic carbocycles. The van der Waals surface area contributed by atoms with Crippen molar-refractivity contribution in [3.05, 3.63) is 29.3 Å². The molecule has 1 unspecified atom stereocenters. The van der Waals surface area contributed by atoms with Crippen molar-refractivity contribution in [3.8, 4) is 5.75 Å². The van der Waals surface area contributed by atoms with Gasteiger partial charge in [-0.1, -0.05) is 38.3 Å². The summed E-state index contributed by atoms with van der Waals surface area (Å²) in [6, 6.07) is 6.41. The first kappa shape index (κ1) is 14.4. The number of aliphatic hydroxyl groups is 1. The van der Waals surface area contributed by atoms with Gasteiger partial charge in [0, 0.05) is 11.5 Å². The first-order chi connectivity index (χ1) is 9.30. The van der Waals surface area contributed by atoms with Crippen molar-refractivity contribution in [3.63, 3.8) is 0 Å². The molecule has 2 rings (SSSR count). The number of aliphatic hydroxyl groups excluding tert-OH is 1. The molecule has 106 valence electrons. The predicted octanol–water partition coefficient (Wildman–Crippen LogP) is 3.91. The van der Waals surface area contributed by atoms with Gasteiger partial charge < -0.3 is 9.84 Å². The van der Waals surface area contributed by atoms with E-state index in [2.05, 4.69) is 25.1 Å². The summed E-state index contributed by atoms with van der Waals surface area (Å²) in [5.41, 5.74) is 2.53. The summed E-state index contributed by atoms with van der Waals surface area (Å²) in [7, 11) is 1.72. The highest BCUT2D eigenvalue weighted by Gasteiger charge is 2.26. The molecule has 0 saturated heterocycles. The van der Waals surface area contributed by atoms with Gasteiger partial charge in [0.15, 0.2) is 0 Å². The number of hydrogen-bond acceptors (Lipinski definition) is 2. The minimum absolute atomic E-state index is 0.230. The van der Waals surface area contributed by atoms with Crippen LogP contribution in [0.1, 0.15) is 56.1 Å². The normalized spacial score (nSPS) is 18.3. The molecule has 2 heteroatoms. The van der Waals surface area contributed by atoms with Crippen LogP contribution in [0, 0.1) is 5.92 Å². The molecular weight excluding hydrogens is 236 g/mol. The van der Waals surface area contributed by atoms with Crippen molar-refractivity contribution < 1.29 is 9.84 Å². The Morgan fingerprint density at radius 1 is 1.26 bits per heavy atom. The molecule has 1 fully saturated rings. The van der Waals surface area contributed by atoms with Crippen LogP contribution in [0.5, 0.6) is 5.75 Å². The zero-order valence-electron chi connectivity index (χ0n) is 12.2. The van der Waals surface area contributed by atoms with Crippen LogP contribution in [0.25, 0.3) is 0 Å². The van der Waals surface area contributed by atoms with Gasteiger partial charge in [-0.2, -0.15) is 0 Å². The molecule has 0 bridgehead atoms. The second-order valence-electron chi connectivity index (χ2n) is 5.62. The molecule has 0 heterocycles. The molecule has 1 aliphatic rings. The van der Waals surface area contributed by atoms with Crippen LogP contribution in [-0.4, -0.2) is 18.8 Å². The summed E-state index contributed by atoms with van der Waals surface area (Å²) in [6.45, 7) is 2.40. The minimum Gasteiger partial charge on any atom is -0.496 e. The Morgan fingerprint density at radius 3 is 2.58 bits per heavy atom. The Balaban J connectivity index is 2.29. The maximum absolute atomic E-state index is 9.86. The van der Waals surface area contributed by atoms with Crippen molar-refractivity contribution in [1.82, 2.24) is 0 Å². The minimum atomic E-state index is 0.230. The van der Waals surface area contributed by atoms with Gasteiger partial charge in [0.25, 0.3) is 0 Å². The third kappa shape index (κ3) is 3.30. The second kappa shape index (κ2) is 6.95. The van der Waals surface area contributed by atoms with E-state index in [-0.39, 0.29) is 12.5 Å². The molecule has 1 atom stereocenters. The maximum Gasteiger partial charge on any atom is 0.122 e. The van der Waals surface area contributed by atoms with Crippen LogP contribution in [0.4, 0.5) is 0 Å². The number of hydrogen-bond donors (Lipinski definition) is 1. The SMILES string of the molecule is CCc1ccc(OC)c(C(CO)C2CCCCC2)c1. The zero-order valence-corrected chi connectivity index (χ0v) is 12.2. The van der Waals surface area contributed by atoms with E-state index in [1.54, 1.807) is 7.11 Å². The van der Waals surface area contributed by atoms with Crippen molar-refractivity contribution >= 4 is 0 Å². The third-order valence-electron chi connectivity index (χ3n) is 4.52. The molecule has 1 saturated carbocycles. The van der Waals surface area contributed by atoms with E-state index in [0.717, 1.165) is 12.2 Å². The molecule has 1 aromatic rings. The summed E-state index contributed by atoms with van der Waals surface area (Å²) >= 11 is 0. The molecule has 1 aromatic carbocycles. The maximum atomic E-state index is 9.86. The first-order valence-electron chi connectivity index (χ1n) is 7.57. The topological polar surface area (TPSA) is 29.5 Å². The van der Waals surface area contributed by atoms with E-state index < -0.39 is 0 Å². The fraction of sp³-hybridized carbons (Fsp3) is 0.647. The summed E-state index contributed by atoms with van der Waals surface area (Å²) < 4.78 is 5.51. The highest BCUT2D eigenvalue weighted by molar-refractivity contribution is 5.40. The standard InChI is InChI=1S/C17H26O2/c1-3-13-9-10-17(19-2)15(11-13)16(12-18)14-7-5-4-6-8-14/h9-11,14,16,18H,3-8,12H2,1-2H3. The second-order valence-corrected chi connectivity index (χ2v) is 5.62. The van der Waals surface area contributed by atoms with Crippen molar-refractivity contribution in [1.29, 1.82) is 0 Å². The Bertz CT molecular complexity index is 394. The summed E-state index contributed by atoms with van der Waals surface area (Å²) in [5.74, 6) is 1.78. The lowest BCUT2D eigenvalue weighted by Crippen LogP contribution is -2.20. The molecular formula is C17H26O2. The van der Waals surface area contributed by atoms with Gasteiger partial charge in [-0.15, -0.1) is 0 Å². The van der Waals surface area contributed by atoms with Crippen molar-refractivity contribution in [2.45, 2.75) is 51.4 Å². The fourth-order valence-corrected chi connectivity index (χ4v) is 3.33. The number of rotatable bonds is 5. The highest BCUT2D eigenvalue weighted by Crippen LogP contribution is 2.39. The molecule has 0 amide bonds. The van der Waals surface area contributed by atoms with Crippen LogP contribution >= 0.6 is 0 Å². The zero-order chi connectivity index (χ0) is 13.7. The number of aryl methyl sites for hydroxylation is 1. The summed E-state index contributed by atoms with van der Waals surface area (Å²) in [6.07, 6.45) is 7.46. The molecule has 2 nitrogen and oxygen atoms in total. The van der Waals surface area contributed by atoms with Crippen LogP contribution in [-0.2, 0) is 6.42 Å². The highest BCUT2D eigenvalue weighted by atomic mass is 16.5. The number of methoxy groups -OCH3 is 1. The molecule has 1 N–H and O–H groups in total. The molecule has 0 spiro atoms. The third-order valence-corrected chi connectivity index (χ3v) is 4.52. The smallest absolute Gasteiger partial charge is 0.122 e.